The van der Waals surface area contributed by atoms with Gasteiger partial charge in [0.2, 0.25) is 0 Å². The summed E-state index contributed by atoms with van der Waals surface area (Å²) in [6, 6.07) is 8.56. The molecule has 4 nitrogen and oxygen atoms in total. The molecule has 0 N–H and O–H groups in total. The van der Waals surface area contributed by atoms with E-state index in [0.29, 0.717) is 0 Å². The second kappa shape index (κ2) is 6.48. The molecule has 0 spiro atoms. The topological polar surface area (TPSA) is 39.9 Å². The normalized spacial score (nSPS) is 12.2. The molecule has 0 aliphatic rings. The van der Waals surface area contributed by atoms with Crippen molar-refractivity contribution in [2.45, 2.75) is 33.7 Å². The second-order valence-electron chi connectivity index (χ2n) is 6.20. The van der Waals surface area contributed by atoms with Crippen LogP contribution in [-0.2, 0) is 0 Å². The lowest BCUT2D eigenvalue weighted by Crippen LogP contribution is -2.09. The summed E-state index contributed by atoms with van der Waals surface area (Å²) >= 11 is 0. The Balaban J connectivity index is 2.05. The van der Waals surface area contributed by atoms with Gasteiger partial charge in [-0.2, -0.15) is 0 Å². The maximum absolute atomic E-state index is 5.42. The Morgan fingerprint density at radius 2 is 1.83 bits per heavy atom. The number of benzene rings is 1. The van der Waals surface area contributed by atoms with Crippen molar-refractivity contribution in [2.24, 2.45) is 0 Å². The summed E-state index contributed by atoms with van der Waals surface area (Å²) in [4.78, 5) is 9.03. The fraction of sp³-hybridized carbons (Fsp3) is 0.300. The number of nitrogens with zero attached hydrogens (tertiary/aromatic N) is 3. The van der Waals surface area contributed by atoms with Crippen molar-refractivity contribution in [3.8, 4) is 17.1 Å². The number of hydrogen-bond acceptors (Lipinski definition) is 3. The SMILES string of the molecule is COc1cc(C)c(-c2nccn2[C@@H](C)c2ccc(C)nc2)cc1C. The molecule has 0 unspecified atom stereocenters. The minimum absolute atomic E-state index is 0.164. The highest BCUT2D eigenvalue weighted by molar-refractivity contribution is 5.64. The van der Waals surface area contributed by atoms with Crippen LogP contribution in [0.3, 0.4) is 0 Å². The van der Waals surface area contributed by atoms with E-state index in [2.05, 4.69) is 53.5 Å². The summed E-state index contributed by atoms with van der Waals surface area (Å²) in [5.41, 5.74) is 5.59. The van der Waals surface area contributed by atoms with Gasteiger partial charge >= 0.3 is 0 Å². The zero-order valence-corrected chi connectivity index (χ0v) is 14.9. The van der Waals surface area contributed by atoms with E-state index in [1.807, 2.05) is 31.6 Å². The molecular weight excluding hydrogens is 298 g/mol. The van der Waals surface area contributed by atoms with Gasteiger partial charge in [-0.25, -0.2) is 4.98 Å². The number of aromatic nitrogens is 3. The van der Waals surface area contributed by atoms with Crippen LogP contribution in [0.2, 0.25) is 0 Å². The zero-order valence-electron chi connectivity index (χ0n) is 14.9. The van der Waals surface area contributed by atoms with Crippen molar-refractivity contribution in [2.75, 3.05) is 7.11 Å². The molecule has 2 aromatic heterocycles. The molecule has 0 amide bonds. The number of rotatable bonds is 4. The van der Waals surface area contributed by atoms with Gasteiger partial charge in [0.25, 0.3) is 0 Å². The minimum Gasteiger partial charge on any atom is -0.496 e. The first kappa shape index (κ1) is 16.2. The predicted octanol–water partition coefficient (Wildman–Crippen LogP) is 4.49. The molecule has 0 aliphatic carbocycles. The third-order valence-electron chi connectivity index (χ3n) is 4.49. The first-order valence-electron chi connectivity index (χ1n) is 8.12. The number of imidazole rings is 1. The first-order chi connectivity index (χ1) is 11.5. The molecule has 4 heteroatoms. The van der Waals surface area contributed by atoms with Gasteiger partial charge in [-0.1, -0.05) is 6.07 Å². The summed E-state index contributed by atoms with van der Waals surface area (Å²) in [5, 5.41) is 0. The Morgan fingerprint density at radius 1 is 1.04 bits per heavy atom. The van der Waals surface area contributed by atoms with E-state index in [-0.39, 0.29) is 6.04 Å². The van der Waals surface area contributed by atoms with E-state index in [1.54, 1.807) is 7.11 Å². The van der Waals surface area contributed by atoms with Crippen molar-refractivity contribution in [3.63, 3.8) is 0 Å². The highest BCUT2D eigenvalue weighted by Gasteiger charge is 2.16. The lowest BCUT2D eigenvalue weighted by molar-refractivity contribution is 0.411. The van der Waals surface area contributed by atoms with Gasteiger partial charge < -0.3 is 9.30 Å². The Hall–Kier alpha value is -2.62. The molecule has 0 radical (unpaired) electrons. The van der Waals surface area contributed by atoms with E-state index >= 15 is 0 Å². The summed E-state index contributed by atoms with van der Waals surface area (Å²) < 4.78 is 7.62. The summed E-state index contributed by atoms with van der Waals surface area (Å²) in [5.74, 6) is 1.87. The monoisotopic (exact) mass is 321 g/mol. The summed E-state index contributed by atoms with van der Waals surface area (Å²) in [6.07, 6.45) is 5.82. The van der Waals surface area contributed by atoms with Gasteiger partial charge in [-0.05, 0) is 62.6 Å². The number of pyridine rings is 1. The van der Waals surface area contributed by atoms with Crippen molar-refractivity contribution in [1.82, 2.24) is 14.5 Å². The zero-order chi connectivity index (χ0) is 17.3. The van der Waals surface area contributed by atoms with E-state index in [0.717, 1.165) is 34.0 Å². The Morgan fingerprint density at radius 3 is 2.50 bits per heavy atom. The average Bonchev–Trinajstić information content (AvgIpc) is 3.06. The lowest BCUT2D eigenvalue weighted by Gasteiger charge is -2.18. The van der Waals surface area contributed by atoms with Crippen molar-refractivity contribution < 1.29 is 4.74 Å². The standard InChI is InChI=1S/C20H23N3O/c1-13-11-19(24-5)14(2)10-18(13)20-21-8-9-23(20)16(4)17-7-6-15(3)22-12-17/h6-12,16H,1-5H3/t16-/m0/s1. The van der Waals surface area contributed by atoms with E-state index < -0.39 is 0 Å². The number of aryl methyl sites for hydroxylation is 3. The molecule has 0 aliphatic heterocycles. The Kier molecular flexibility index (Phi) is 4.38. The number of hydrogen-bond donors (Lipinski definition) is 0. The van der Waals surface area contributed by atoms with Crippen LogP contribution in [0.15, 0.2) is 42.9 Å². The maximum atomic E-state index is 5.42. The number of methoxy groups -OCH3 is 1. The van der Waals surface area contributed by atoms with Crippen LogP contribution in [0.25, 0.3) is 11.4 Å². The average molecular weight is 321 g/mol. The van der Waals surface area contributed by atoms with Gasteiger partial charge in [0.05, 0.1) is 13.2 Å². The summed E-state index contributed by atoms with van der Waals surface area (Å²) in [7, 11) is 1.70. The Bertz CT molecular complexity index is 850. The quantitative estimate of drug-likeness (QED) is 0.711. The fourth-order valence-corrected chi connectivity index (χ4v) is 2.97. The lowest BCUT2D eigenvalue weighted by atomic mass is 10.0. The molecule has 2 heterocycles. The largest absolute Gasteiger partial charge is 0.496 e. The minimum atomic E-state index is 0.164. The van der Waals surface area contributed by atoms with Gasteiger partial charge in [-0.15, -0.1) is 0 Å². The predicted molar refractivity (Wildman–Crippen MR) is 96.5 cm³/mol. The Labute approximate surface area is 143 Å². The van der Waals surface area contributed by atoms with Crippen molar-refractivity contribution in [1.29, 1.82) is 0 Å². The molecule has 3 rings (SSSR count). The molecule has 124 valence electrons. The van der Waals surface area contributed by atoms with Crippen molar-refractivity contribution in [3.05, 3.63) is 65.2 Å². The number of ether oxygens (including phenoxy) is 1. The highest BCUT2D eigenvalue weighted by Crippen LogP contribution is 2.31. The molecule has 1 aromatic carbocycles. The van der Waals surface area contributed by atoms with Gasteiger partial charge in [0.15, 0.2) is 0 Å². The third-order valence-corrected chi connectivity index (χ3v) is 4.49. The van der Waals surface area contributed by atoms with Crippen LogP contribution in [-0.4, -0.2) is 21.6 Å². The molecule has 0 saturated heterocycles. The van der Waals surface area contributed by atoms with Crippen LogP contribution in [0, 0.1) is 20.8 Å². The van der Waals surface area contributed by atoms with Crippen LogP contribution in [0.1, 0.15) is 35.3 Å². The van der Waals surface area contributed by atoms with Crippen LogP contribution < -0.4 is 4.74 Å². The van der Waals surface area contributed by atoms with E-state index in [1.165, 1.54) is 5.56 Å². The molecule has 24 heavy (non-hydrogen) atoms. The maximum Gasteiger partial charge on any atom is 0.140 e. The molecular formula is C20H23N3O. The van der Waals surface area contributed by atoms with Crippen LogP contribution >= 0.6 is 0 Å². The smallest absolute Gasteiger partial charge is 0.140 e. The van der Waals surface area contributed by atoms with Gasteiger partial charge in [0, 0.05) is 29.8 Å². The second-order valence-corrected chi connectivity index (χ2v) is 6.20. The highest BCUT2D eigenvalue weighted by atomic mass is 16.5. The van der Waals surface area contributed by atoms with E-state index in [4.69, 9.17) is 4.74 Å². The molecule has 0 fully saturated rings. The van der Waals surface area contributed by atoms with Gasteiger partial charge in [-0.3, -0.25) is 4.98 Å². The molecule has 3 aromatic rings. The molecule has 0 bridgehead atoms. The fourth-order valence-electron chi connectivity index (χ4n) is 2.97. The van der Waals surface area contributed by atoms with E-state index in [9.17, 15) is 0 Å². The van der Waals surface area contributed by atoms with Crippen molar-refractivity contribution >= 4 is 0 Å². The molecule has 1 atom stereocenters. The van der Waals surface area contributed by atoms with Gasteiger partial charge in [0.1, 0.15) is 11.6 Å². The van der Waals surface area contributed by atoms with Crippen LogP contribution in [0.5, 0.6) is 5.75 Å². The molecule has 0 saturated carbocycles. The summed E-state index contributed by atoms with van der Waals surface area (Å²) in [6.45, 7) is 8.32. The first-order valence-corrected chi connectivity index (χ1v) is 8.12. The third kappa shape index (κ3) is 2.92. The van der Waals surface area contributed by atoms with Crippen LogP contribution in [0.4, 0.5) is 0 Å².